The fourth-order valence-electron chi connectivity index (χ4n) is 5.96. The number of hydrogen-bond acceptors (Lipinski definition) is 3. The van der Waals surface area contributed by atoms with E-state index in [1.807, 2.05) is 49.4 Å². The molecule has 1 aliphatic heterocycles. The monoisotopic (exact) mass is 412 g/mol. The van der Waals surface area contributed by atoms with E-state index in [2.05, 4.69) is 11.1 Å². The standard InChI is InChI=1S/C26H24N2O3/c1-15-14-21-23-22(19-8-5-9-20(19)24(21)27-15)25(29)28(26(23)30)16-10-12-18(13-11-16)31-17-6-3-2-4-7-17/h2-4,6-7,10-14,19-20,22-23,27H,5,8-9H2,1H3/t19-,20+,22-,23+/m0/s1. The molecule has 0 unspecified atom stereocenters. The summed E-state index contributed by atoms with van der Waals surface area (Å²) in [5.41, 5.74) is 3.91. The minimum Gasteiger partial charge on any atom is -0.457 e. The Kier molecular flexibility index (Phi) is 4.07. The number of aromatic nitrogens is 1. The van der Waals surface area contributed by atoms with Gasteiger partial charge >= 0.3 is 0 Å². The SMILES string of the molecule is Cc1cc2c([nH]1)[C@@H]1CCC[C@@H]1[C@@H]1C(=O)N(c3ccc(Oc4ccccc4)cc3)C(=O)[C@H]21. The van der Waals surface area contributed by atoms with Crippen LogP contribution in [0.1, 0.15) is 48.0 Å². The van der Waals surface area contributed by atoms with Gasteiger partial charge in [-0.25, -0.2) is 4.90 Å². The van der Waals surface area contributed by atoms with Crippen LogP contribution in [0.5, 0.6) is 11.5 Å². The number of carbonyl (C=O) groups excluding carboxylic acids is 2. The van der Waals surface area contributed by atoms with Crippen LogP contribution in [-0.4, -0.2) is 16.8 Å². The Bertz CT molecular complexity index is 1170. The number of fused-ring (bicyclic) bond motifs is 6. The zero-order valence-corrected chi connectivity index (χ0v) is 17.4. The van der Waals surface area contributed by atoms with E-state index in [4.69, 9.17) is 4.74 Å². The number of hydrogen-bond donors (Lipinski definition) is 1. The maximum absolute atomic E-state index is 13.5. The number of imide groups is 1. The number of carbonyl (C=O) groups is 2. The highest BCUT2D eigenvalue weighted by Crippen LogP contribution is 2.57. The Morgan fingerprint density at radius 3 is 2.45 bits per heavy atom. The quantitative estimate of drug-likeness (QED) is 0.595. The number of nitrogens with zero attached hydrogens (tertiary/aromatic N) is 1. The van der Waals surface area contributed by atoms with E-state index in [9.17, 15) is 9.59 Å². The molecular formula is C26H24N2O3. The lowest BCUT2D eigenvalue weighted by molar-refractivity contribution is -0.123. The third-order valence-corrected chi connectivity index (χ3v) is 7.18. The molecule has 3 aliphatic rings. The molecule has 1 saturated heterocycles. The average molecular weight is 412 g/mol. The van der Waals surface area contributed by atoms with Crippen molar-refractivity contribution in [2.75, 3.05) is 4.90 Å². The molecular weight excluding hydrogens is 388 g/mol. The van der Waals surface area contributed by atoms with Gasteiger partial charge in [0, 0.05) is 17.3 Å². The van der Waals surface area contributed by atoms with Crippen LogP contribution in [0.25, 0.3) is 0 Å². The topological polar surface area (TPSA) is 62.4 Å². The Labute approximate surface area is 181 Å². The number of anilines is 1. The minimum atomic E-state index is -0.368. The lowest BCUT2D eigenvalue weighted by atomic mass is 9.68. The zero-order valence-electron chi connectivity index (χ0n) is 17.4. The fourth-order valence-corrected chi connectivity index (χ4v) is 5.96. The van der Waals surface area contributed by atoms with Crippen molar-refractivity contribution in [3.8, 4) is 11.5 Å². The number of amides is 2. The average Bonchev–Trinajstić information content (AvgIpc) is 3.46. The highest BCUT2D eigenvalue weighted by molar-refractivity contribution is 6.24. The van der Waals surface area contributed by atoms with Crippen LogP contribution in [0.2, 0.25) is 0 Å². The molecule has 3 aromatic rings. The molecule has 156 valence electrons. The van der Waals surface area contributed by atoms with Crippen LogP contribution in [0.15, 0.2) is 60.7 Å². The molecule has 1 aromatic heterocycles. The largest absolute Gasteiger partial charge is 0.457 e. The van der Waals surface area contributed by atoms with Gasteiger partial charge in [0.1, 0.15) is 11.5 Å². The Hall–Kier alpha value is -3.34. The van der Waals surface area contributed by atoms with Gasteiger partial charge in [0.15, 0.2) is 0 Å². The van der Waals surface area contributed by atoms with Crippen LogP contribution < -0.4 is 9.64 Å². The van der Waals surface area contributed by atoms with Crippen LogP contribution in [0.3, 0.4) is 0 Å². The fraction of sp³-hybridized carbons (Fsp3) is 0.308. The van der Waals surface area contributed by atoms with E-state index >= 15 is 0 Å². The van der Waals surface area contributed by atoms with Crippen molar-refractivity contribution in [3.05, 3.63) is 77.6 Å². The lowest BCUT2D eigenvalue weighted by Crippen LogP contribution is -2.33. The van der Waals surface area contributed by atoms with Gasteiger partial charge in [-0.2, -0.15) is 0 Å². The van der Waals surface area contributed by atoms with Crippen LogP contribution in [0.4, 0.5) is 5.69 Å². The van der Waals surface area contributed by atoms with Crippen LogP contribution in [0, 0.1) is 18.8 Å². The predicted molar refractivity (Wildman–Crippen MR) is 117 cm³/mol. The van der Waals surface area contributed by atoms with Gasteiger partial charge in [0.05, 0.1) is 17.5 Å². The first kappa shape index (κ1) is 18.4. The molecule has 2 aliphatic carbocycles. The number of rotatable bonds is 3. The number of aryl methyl sites for hydroxylation is 1. The summed E-state index contributed by atoms with van der Waals surface area (Å²) in [7, 11) is 0. The van der Waals surface area contributed by atoms with E-state index in [1.54, 1.807) is 12.1 Å². The molecule has 1 saturated carbocycles. The first-order valence-electron chi connectivity index (χ1n) is 11.0. The predicted octanol–water partition coefficient (Wildman–Crippen LogP) is 5.29. The highest BCUT2D eigenvalue weighted by atomic mass is 16.5. The van der Waals surface area contributed by atoms with Crippen LogP contribution in [-0.2, 0) is 9.59 Å². The summed E-state index contributed by atoms with van der Waals surface area (Å²) < 4.78 is 5.86. The van der Waals surface area contributed by atoms with Gasteiger partial charge in [0.25, 0.3) is 0 Å². The van der Waals surface area contributed by atoms with Crippen molar-refractivity contribution in [1.82, 2.24) is 4.98 Å². The third-order valence-electron chi connectivity index (χ3n) is 7.18. The summed E-state index contributed by atoms with van der Waals surface area (Å²) in [6, 6.07) is 18.9. The van der Waals surface area contributed by atoms with Gasteiger partial charge in [-0.1, -0.05) is 24.6 Å². The van der Waals surface area contributed by atoms with Gasteiger partial charge < -0.3 is 9.72 Å². The Balaban J connectivity index is 1.33. The van der Waals surface area contributed by atoms with E-state index in [1.165, 1.54) is 10.6 Å². The maximum atomic E-state index is 13.5. The van der Waals surface area contributed by atoms with Gasteiger partial charge in [-0.15, -0.1) is 0 Å². The van der Waals surface area contributed by atoms with Crippen molar-refractivity contribution in [3.63, 3.8) is 0 Å². The van der Waals surface area contributed by atoms with E-state index < -0.39 is 0 Å². The summed E-state index contributed by atoms with van der Waals surface area (Å²) >= 11 is 0. The third kappa shape index (κ3) is 2.76. The summed E-state index contributed by atoms with van der Waals surface area (Å²) in [6.45, 7) is 2.03. The Morgan fingerprint density at radius 2 is 1.68 bits per heavy atom. The van der Waals surface area contributed by atoms with E-state index in [0.29, 0.717) is 17.4 Å². The minimum absolute atomic E-state index is 0.0480. The molecule has 0 spiro atoms. The molecule has 4 atom stereocenters. The molecule has 2 amide bonds. The molecule has 1 N–H and O–H groups in total. The van der Waals surface area contributed by atoms with E-state index in [-0.39, 0.29) is 29.6 Å². The van der Waals surface area contributed by atoms with E-state index in [0.717, 1.165) is 36.3 Å². The summed E-state index contributed by atoms with van der Waals surface area (Å²) in [5.74, 6) is 1.27. The lowest BCUT2D eigenvalue weighted by Gasteiger charge is -2.33. The molecule has 2 fully saturated rings. The number of H-pyrrole nitrogens is 1. The zero-order chi connectivity index (χ0) is 21.1. The van der Waals surface area contributed by atoms with Crippen LogP contribution >= 0.6 is 0 Å². The Morgan fingerprint density at radius 1 is 0.935 bits per heavy atom. The van der Waals surface area contributed by atoms with Crippen molar-refractivity contribution in [2.45, 2.75) is 38.0 Å². The molecule has 5 nitrogen and oxygen atoms in total. The molecule has 6 rings (SSSR count). The molecule has 2 aromatic carbocycles. The van der Waals surface area contributed by atoms with Crippen molar-refractivity contribution in [1.29, 1.82) is 0 Å². The number of benzene rings is 2. The second kappa shape index (κ2) is 6.84. The molecule has 31 heavy (non-hydrogen) atoms. The molecule has 2 heterocycles. The normalized spacial score (nSPS) is 26.5. The summed E-state index contributed by atoms with van der Waals surface area (Å²) in [4.78, 5) is 32.0. The first-order chi connectivity index (χ1) is 15.1. The van der Waals surface area contributed by atoms with Crippen molar-refractivity contribution >= 4 is 17.5 Å². The van der Waals surface area contributed by atoms with Gasteiger partial charge in [-0.05, 0) is 73.7 Å². The molecule has 5 heteroatoms. The molecule has 0 bridgehead atoms. The highest BCUT2D eigenvalue weighted by Gasteiger charge is 2.58. The number of ether oxygens (including phenoxy) is 1. The number of para-hydroxylation sites is 1. The number of aromatic amines is 1. The number of nitrogens with one attached hydrogen (secondary N) is 1. The van der Waals surface area contributed by atoms with Gasteiger partial charge in [-0.3, -0.25) is 9.59 Å². The summed E-state index contributed by atoms with van der Waals surface area (Å²) in [5, 5.41) is 0. The van der Waals surface area contributed by atoms with Crippen molar-refractivity contribution in [2.24, 2.45) is 11.8 Å². The first-order valence-corrected chi connectivity index (χ1v) is 11.0. The molecule has 0 radical (unpaired) electrons. The summed E-state index contributed by atoms with van der Waals surface area (Å²) in [6.07, 6.45) is 3.22. The van der Waals surface area contributed by atoms with Crippen molar-refractivity contribution < 1.29 is 14.3 Å². The second-order valence-electron chi connectivity index (χ2n) is 8.95. The smallest absolute Gasteiger partial charge is 0.242 e. The second-order valence-corrected chi connectivity index (χ2v) is 8.95. The van der Waals surface area contributed by atoms with Gasteiger partial charge in [0.2, 0.25) is 11.8 Å². The maximum Gasteiger partial charge on any atom is 0.242 e.